The zero-order valence-electron chi connectivity index (χ0n) is 10.5. The lowest BCUT2D eigenvalue weighted by atomic mass is 10.2. The van der Waals surface area contributed by atoms with E-state index in [0.29, 0.717) is 5.69 Å². The molecule has 0 aromatic heterocycles. The van der Waals surface area contributed by atoms with Crippen LogP contribution in [0.3, 0.4) is 0 Å². The zero-order chi connectivity index (χ0) is 12.8. The molecule has 3 nitrogen and oxygen atoms in total. The van der Waals surface area contributed by atoms with E-state index in [0.717, 1.165) is 5.56 Å². The van der Waals surface area contributed by atoms with Gasteiger partial charge < -0.3 is 15.2 Å². The van der Waals surface area contributed by atoms with E-state index in [2.05, 4.69) is 5.32 Å². The molecule has 1 rings (SSSR count). The lowest BCUT2D eigenvalue weighted by Gasteiger charge is -2.15. The zero-order valence-corrected chi connectivity index (χ0v) is 10.5. The summed E-state index contributed by atoms with van der Waals surface area (Å²) in [6.45, 7) is 6.16. The second kappa shape index (κ2) is 6.57. The minimum Gasteiger partial charge on any atom is -0.389 e. The maximum absolute atomic E-state index is 13.4. The smallest absolute Gasteiger partial charge is 0.146 e. The van der Waals surface area contributed by atoms with Crippen LogP contribution < -0.4 is 5.32 Å². The van der Waals surface area contributed by atoms with Crippen molar-refractivity contribution in [2.24, 2.45) is 0 Å². The van der Waals surface area contributed by atoms with Crippen LogP contribution in [0.1, 0.15) is 19.4 Å². The Morgan fingerprint density at radius 2 is 2.12 bits per heavy atom. The van der Waals surface area contributed by atoms with Gasteiger partial charge in [-0.2, -0.15) is 0 Å². The fourth-order valence-corrected chi connectivity index (χ4v) is 1.35. The molecule has 0 heterocycles. The molecular formula is C13H20FNO2. The molecule has 1 aromatic rings. The van der Waals surface area contributed by atoms with E-state index < -0.39 is 6.10 Å². The molecule has 1 aromatic carbocycles. The van der Waals surface area contributed by atoms with Gasteiger partial charge in [0.2, 0.25) is 0 Å². The fraction of sp³-hybridized carbons (Fsp3) is 0.538. The summed E-state index contributed by atoms with van der Waals surface area (Å²) in [5.41, 5.74) is 1.27. The van der Waals surface area contributed by atoms with E-state index in [4.69, 9.17) is 4.74 Å². The van der Waals surface area contributed by atoms with Crippen molar-refractivity contribution in [3.8, 4) is 0 Å². The minimum absolute atomic E-state index is 0.0840. The number of aryl methyl sites for hydroxylation is 1. The molecule has 0 saturated carbocycles. The molecule has 1 unspecified atom stereocenters. The van der Waals surface area contributed by atoms with Crippen LogP contribution >= 0.6 is 0 Å². The highest BCUT2D eigenvalue weighted by Crippen LogP contribution is 2.14. The maximum atomic E-state index is 13.4. The molecular weight excluding hydrogens is 221 g/mol. The molecule has 0 radical (unpaired) electrons. The largest absolute Gasteiger partial charge is 0.389 e. The maximum Gasteiger partial charge on any atom is 0.146 e. The Labute approximate surface area is 102 Å². The topological polar surface area (TPSA) is 41.5 Å². The minimum atomic E-state index is -0.641. The highest BCUT2D eigenvalue weighted by molar-refractivity contribution is 5.46. The van der Waals surface area contributed by atoms with Crippen molar-refractivity contribution in [2.45, 2.75) is 33.0 Å². The Morgan fingerprint density at radius 3 is 2.71 bits per heavy atom. The summed E-state index contributed by atoms with van der Waals surface area (Å²) in [5, 5.41) is 12.5. The number of aliphatic hydroxyl groups excluding tert-OH is 1. The van der Waals surface area contributed by atoms with Gasteiger partial charge in [0.1, 0.15) is 5.82 Å². The van der Waals surface area contributed by atoms with Gasteiger partial charge in [0, 0.05) is 6.54 Å². The van der Waals surface area contributed by atoms with Gasteiger partial charge in [-0.25, -0.2) is 4.39 Å². The van der Waals surface area contributed by atoms with Gasteiger partial charge in [0.15, 0.2) is 0 Å². The highest BCUT2D eigenvalue weighted by Gasteiger charge is 2.07. The normalized spacial score (nSPS) is 12.8. The molecule has 0 aliphatic carbocycles. The van der Waals surface area contributed by atoms with E-state index in [1.165, 1.54) is 6.07 Å². The van der Waals surface area contributed by atoms with Crippen LogP contribution in [-0.4, -0.2) is 30.5 Å². The van der Waals surface area contributed by atoms with Crippen LogP contribution in [0.25, 0.3) is 0 Å². The Balaban J connectivity index is 2.39. The number of hydrogen-bond donors (Lipinski definition) is 2. The number of hydrogen-bond acceptors (Lipinski definition) is 3. The molecule has 96 valence electrons. The second-order valence-corrected chi connectivity index (χ2v) is 4.40. The van der Waals surface area contributed by atoms with Gasteiger partial charge in [-0.05, 0) is 38.5 Å². The van der Waals surface area contributed by atoms with E-state index in [-0.39, 0.29) is 25.1 Å². The third-order valence-electron chi connectivity index (χ3n) is 2.27. The monoisotopic (exact) mass is 241 g/mol. The number of anilines is 1. The molecule has 0 amide bonds. The number of benzene rings is 1. The third kappa shape index (κ3) is 5.15. The fourth-order valence-electron chi connectivity index (χ4n) is 1.35. The van der Waals surface area contributed by atoms with E-state index in [1.54, 1.807) is 6.07 Å². The van der Waals surface area contributed by atoms with Crippen molar-refractivity contribution < 1.29 is 14.2 Å². The van der Waals surface area contributed by atoms with Gasteiger partial charge in [-0.1, -0.05) is 6.07 Å². The second-order valence-electron chi connectivity index (χ2n) is 4.40. The number of ether oxygens (including phenoxy) is 1. The van der Waals surface area contributed by atoms with Gasteiger partial charge in [0.05, 0.1) is 24.5 Å². The van der Waals surface area contributed by atoms with Crippen molar-refractivity contribution in [2.75, 3.05) is 18.5 Å². The van der Waals surface area contributed by atoms with Crippen molar-refractivity contribution in [1.82, 2.24) is 0 Å². The Bertz CT molecular complexity index is 355. The van der Waals surface area contributed by atoms with Crippen molar-refractivity contribution >= 4 is 5.69 Å². The van der Waals surface area contributed by atoms with Gasteiger partial charge in [0.25, 0.3) is 0 Å². The van der Waals surface area contributed by atoms with Crippen LogP contribution in [0.2, 0.25) is 0 Å². The number of aliphatic hydroxyl groups is 1. The molecule has 0 saturated heterocycles. The lowest BCUT2D eigenvalue weighted by Crippen LogP contribution is -2.26. The SMILES string of the molecule is Cc1ccc(NCC(O)COC(C)C)c(F)c1. The summed E-state index contributed by atoms with van der Waals surface area (Å²) in [5.74, 6) is -0.304. The molecule has 0 spiro atoms. The standard InChI is InChI=1S/C13H20FNO2/c1-9(2)17-8-11(16)7-15-13-5-4-10(3)6-12(13)14/h4-6,9,11,15-16H,7-8H2,1-3H3. The van der Waals surface area contributed by atoms with Crippen LogP contribution in [0.4, 0.5) is 10.1 Å². The first-order valence-corrected chi connectivity index (χ1v) is 5.78. The van der Waals surface area contributed by atoms with Crippen LogP contribution in [-0.2, 0) is 4.74 Å². The first kappa shape index (κ1) is 13.9. The van der Waals surface area contributed by atoms with Gasteiger partial charge >= 0.3 is 0 Å². The average molecular weight is 241 g/mol. The van der Waals surface area contributed by atoms with Gasteiger partial charge in [-0.3, -0.25) is 0 Å². The third-order valence-corrected chi connectivity index (χ3v) is 2.27. The number of nitrogens with one attached hydrogen (secondary N) is 1. The quantitative estimate of drug-likeness (QED) is 0.803. The molecule has 2 N–H and O–H groups in total. The lowest BCUT2D eigenvalue weighted by molar-refractivity contribution is 0.0112. The number of halogens is 1. The van der Waals surface area contributed by atoms with Crippen molar-refractivity contribution in [3.05, 3.63) is 29.6 Å². The summed E-state index contributed by atoms with van der Waals surface area (Å²) in [7, 11) is 0. The first-order chi connectivity index (χ1) is 7.99. The molecule has 0 fully saturated rings. The van der Waals surface area contributed by atoms with Crippen LogP contribution in [0.5, 0.6) is 0 Å². The predicted molar refractivity (Wildman–Crippen MR) is 66.7 cm³/mol. The summed E-state index contributed by atoms with van der Waals surface area (Å²) >= 11 is 0. The molecule has 17 heavy (non-hydrogen) atoms. The summed E-state index contributed by atoms with van der Waals surface area (Å²) in [6, 6.07) is 4.95. The van der Waals surface area contributed by atoms with Crippen LogP contribution in [0.15, 0.2) is 18.2 Å². The molecule has 0 bridgehead atoms. The van der Waals surface area contributed by atoms with E-state index in [9.17, 15) is 9.50 Å². The summed E-state index contributed by atoms with van der Waals surface area (Å²) in [6.07, 6.45) is -0.557. The number of rotatable bonds is 6. The van der Waals surface area contributed by atoms with E-state index >= 15 is 0 Å². The molecule has 4 heteroatoms. The van der Waals surface area contributed by atoms with Crippen molar-refractivity contribution in [1.29, 1.82) is 0 Å². The Morgan fingerprint density at radius 1 is 1.41 bits per heavy atom. The first-order valence-electron chi connectivity index (χ1n) is 5.78. The van der Waals surface area contributed by atoms with Gasteiger partial charge in [-0.15, -0.1) is 0 Å². The predicted octanol–water partition coefficient (Wildman–Crippen LogP) is 2.33. The molecule has 0 aliphatic rings. The average Bonchev–Trinajstić information content (AvgIpc) is 2.25. The molecule has 0 aliphatic heterocycles. The van der Waals surface area contributed by atoms with Crippen LogP contribution in [0, 0.1) is 12.7 Å². The summed E-state index contributed by atoms with van der Waals surface area (Å²) < 4.78 is 18.7. The summed E-state index contributed by atoms with van der Waals surface area (Å²) in [4.78, 5) is 0. The Hall–Kier alpha value is -1.13. The van der Waals surface area contributed by atoms with E-state index in [1.807, 2.05) is 26.8 Å². The molecule has 1 atom stereocenters. The Kier molecular flexibility index (Phi) is 5.38. The van der Waals surface area contributed by atoms with Crippen molar-refractivity contribution in [3.63, 3.8) is 0 Å². The highest BCUT2D eigenvalue weighted by atomic mass is 19.1.